The molecule has 2 aromatic rings. The zero-order valence-corrected chi connectivity index (χ0v) is 19.3. The average molecular weight is 449 g/mol. The molecule has 2 aromatic carbocycles. The summed E-state index contributed by atoms with van der Waals surface area (Å²) in [5.41, 5.74) is 2.13. The maximum Gasteiger partial charge on any atom is 0.321 e. The standard InChI is InChI=1S/C27H35ClF2O/c1-26(19-20-27(28,29)30,24-15-9-4-10-16-24)21-31-25(23-13-7-3-8-14-23)18-17-22-11-5-2-6-12-22/h2-3,5-8,11-14,24-25H,4,9-10,15-21H2,1H3. The van der Waals surface area contributed by atoms with Gasteiger partial charge in [-0.15, -0.1) is 0 Å². The molecule has 0 saturated heterocycles. The molecule has 1 fully saturated rings. The van der Waals surface area contributed by atoms with Crippen LogP contribution in [-0.2, 0) is 11.2 Å². The lowest BCUT2D eigenvalue weighted by Gasteiger charge is -2.41. The third kappa shape index (κ3) is 7.88. The quantitative estimate of drug-likeness (QED) is 0.313. The number of alkyl halides is 3. The maximum atomic E-state index is 13.5. The Kier molecular flexibility index (Phi) is 8.92. The molecule has 1 saturated carbocycles. The number of aryl methyl sites for hydroxylation is 1. The van der Waals surface area contributed by atoms with Crippen LogP contribution >= 0.6 is 11.6 Å². The van der Waals surface area contributed by atoms with Gasteiger partial charge < -0.3 is 4.74 Å². The van der Waals surface area contributed by atoms with E-state index in [2.05, 4.69) is 43.3 Å². The zero-order valence-electron chi connectivity index (χ0n) is 18.5. The van der Waals surface area contributed by atoms with Gasteiger partial charge in [-0.05, 0) is 66.2 Å². The minimum Gasteiger partial charge on any atom is -0.373 e. The van der Waals surface area contributed by atoms with Gasteiger partial charge in [0.1, 0.15) is 0 Å². The van der Waals surface area contributed by atoms with Crippen molar-refractivity contribution in [1.82, 2.24) is 0 Å². The second kappa shape index (κ2) is 11.4. The molecule has 0 bridgehead atoms. The van der Waals surface area contributed by atoms with E-state index in [1.165, 1.54) is 24.8 Å². The van der Waals surface area contributed by atoms with Crippen LogP contribution in [0.15, 0.2) is 60.7 Å². The Balaban J connectivity index is 1.71. The van der Waals surface area contributed by atoms with E-state index in [-0.39, 0.29) is 17.9 Å². The molecule has 2 atom stereocenters. The van der Waals surface area contributed by atoms with E-state index in [0.29, 0.717) is 18.9 Å². The Bertz CT molecular complexity index is 756. The van der Waals surface area contributed by atoms with Crippen molar-refractivity contribution in [3.05, 3.63) is 71.8 Å². The van der Waals surface area contributed by atoms with E-state index in [9.17, 15) is 8.78 Å². The van der Waals surface area contributed by atoms with Gasteiger partial charge in [0.2, 0.25) is 0 Å². The van der Waals surface area contributed by atoms with Crippen molar-refractivity contribution in [2.45, 2.75) is 76.2 Å². The van der Waals surface area contributed by atoms with Crippen LogP contribution in [-0.4, -0.2) is 12.0 Å². The molecule has 0 spiro atoms. The molecule has 1 nitrogen and oxygen atoms in total. The SMILES string of the molecule is CC(CCC(F)(F)Cl)(COC(CCc1ccccc1)c1ccccc1)C1CCCCC1. The van der Waals surface area contributed by atoms with Gasteiger partial charge in [0.25, 0.3) is 0 Å². The van der Waals surface area contributed by atoms with Gasteiger partial charge in [0.15, 0.2) is 0 Å². The molecule has 1 aliphatic carbocycles. The molecule has 0 radical (unpaired) electrons. The van der Waals surface area contributed by atoms with Crippen LogP contribution in [0.2, 0.25) is 0 Å². The largest absolute Gasteiger partial charge is 0.373 e. The molecule has 0 aliphatic heterocycles. The lowest BCUT2D eigenvalue weighted by Crippen LogP contribution is -2.35. The van der Waals surface area contributed by atoms with Crippen molar-refractivity contribution < 1.29 is 13.5 Å². The predicted molar refractivity (Wildman–Crippen MR) is 125 cm³/mol. The van der Waals surface area contributed by atoms with Gasteiger partial charge in [-0.25, -0.2) is 0 Å². The lowest BCUT2D eigenvalue weighted by atomic mass is 9.68. The van der Waals surface area contributed by atoms with E-state index in [4.69, 9.17) is 16.3 Å². The van der Waals surface area contributed by atoms with Gasteiger partial charge in [-0.2, -0.15) is 8.78 Å². The van der Waals surface area contributed by atoms with Crippen molar-refractivity contribution in [1.29, 1.82) is 0 Å². The van der Waals surface area contributed by atoms with Gasteiger partial charge in [0, 0.05) is 6.42 Å². The monoisotopic (exact) mass is 448 g/mol. The smallest absolute Gasteiger partial charge is 0.321 e. The van der Waals surface area contributed by atoms with Crippen LogP contribution in [0.5, 0.6) is 0 Å². The lowest BCUT2D eigenvalue weighted by molar-refractivity contribution is -0.0528. The van der Waals surface area contributed by atoms with E-state index in [0.717, 1.165) is 31.2 Å². The van der Waals surface area contributed by atoms with Crippen molar-refractivity contribution >= 4 is 11.6 Å². The summed E-state index contributed by atoms with van der Waals surface area (Å²) in [5.74, 6) is 0.408. The summed E-state index contributed by atoms with van der Waals surface area (Å²) in [6, 6.07) is 20.7. The molecular formula is C27H35ClF2O. The molecular weight excluding hydrogens is 414 g/mol. The second-order valence-corrected chi connectivity index (χ2v) is 9.89. The molecule has 4 heteroatoms. The average Bonchev–Trinajstić information content (AvgIpc) is 2.79. The van der Waals surface area contributed by atoms with Crippen LogP contribution in [0.25, 0.3) is 0 Å². The number of hydrogen-bond donors (Lipinski definition) is 0. The molecule has 0 aromatic heterocycles. The molecule has 31 heavy (non-hydrogen) atoms. The number of halogens is 3. The van der Waals surface area contributed by atoms with Crippen molar-refractivity contribution in [3.8, 4) is 0 Å². The van der Waals surface area contributed by atoms with Gasteiger partial charge in [0.05, 0.1) is 12.7 Å². The Labute approximate surface area is 191 Å². The molecule has 0 N–H and O–H groups in total. The highest BCUT2D eigenvalue weighted by Crippen LogP contribution is 2.45. The van der Waals surface area contributed by atoms with E-state index in [1.807, 2.05) is 24.3 Å². The first-order valence-corrected chi connectivity index (χ1v) is 12.0. The highest BCUT2D eigenvalue weighted by atomic mass is 35.5. The molecule has 0 heterocycles. The third-order valence-electron chi connectivity index (χ3n) is 6.89. The molecule has 1 aliphatic rings. The Morgan fingerprint density at radius 3 is 2.16 bits per heavy atom. The first-order chi connectivity index (χ1) is 14.9. The fourth-order valence-corrected chi connectivity index (χ4v) is 4.96. The van der Waals surface area contributed by atoms with E-state index in [1.54, 1.807) is 0 Å². The van der Waals surface area contributed by atoms with Gasteiger partial charge >= 0.3 is 5.38 Å². The first-order valence-electron chi connectivity index (χ1n) is 11.6. The summed E-state index contributed by atoms with van der Waals surface area (Å²) in [6.07, 6.45) is 7.58. The number of rotatable bonds is 11. The van der Waals surface area contributed by atoms with E-state index >= 15 is 0 Å². The molecule has 2 unspecified atom stereocenters. The number of ether oxygens (including phenoxy) is 1. The topological polar surface area (TPSA) is 9.23 Å². The first kappa shape index (κ1) is 24.2. The zero-order chi connectivity index (χ0) is 22.2. The highest BCUT2D eigenvalue weighted by Gasteiger charge is 2.39. The predicted octanol–water partition coefficient (Wildman–Crippen LogP) is 8.58. The molecule has 170 valence electrons. The van der Waals surface area contributed by atoms with Crippen LogP contribution in [0.3, 0.4) is 0 Å². The van der Waals surface area contributed by atoms with Crippen molar-refractivity contribution in [2.24, 2.45) is 11.3 Å². The summed E-state index contributed by atoms with van der Waals surface area (Å²) < 4.78 is 33.6. The van der Waals surface area contributed by atoms with Crippen molar-refractivity contribution in [2.75, 3.05) is 6.61 Å². The fraction of sp³-hybridized carbons (Fsp3) is 0.556. The van der Waals surface area contributed by atoms with Crippen LogP contribution in [0.4, 0.5) is 8.78 Å². The fourth-order valence-electron chi connectivity index (χ4n) is 4.87. The minimum absolute atomic E-state index is 0.0548. The van der Waals surface area contributed by atoms with Crippen LogP contribution < -0.4 is 0 Å². The summed E-state index contributed by atoms with van der Waals surface area (Å²) in [4.78, 5) is 0. The van der Waals surface area contributed by atoms with Crippen molar-refractivity contribution in [3.63, 3.8) is 0 Å². The summed E-state index contributed by atoms with van der Waals surface area (Å²) >= 11 is 5.28. The minimum atomic E-state index is -3.15. The Morgan fingerprint density at radius 1 is 0.935 bits per heavy atom. The molecule has 3 rings (SSSR count). The van der Waals surface area contributed by atoms with Crippen LogP contribution in [0, 0.1) is 11.3 Å². The van der Waals surface area contributed by atoms with Gasteiger partial charge in [-0.1, -0.05) is 86.8 Å². The Morgan fingerprint density at radius 2 is 1.55 bits per heavy atom. The summed E-state index contributed by atoms with van der Waals surface area (Å²) in [5, 5.41) is -3.15. The summed E-state index contributed by atoms with van der Waals surface area (Å²) in [6.45, 7) is 2.61. The normalized spacial score (nSPS) is 18.5. The van der Waals surface area contributed by atoms with Gasteiger partial charge in [-0.3, -0.25) is 0 Å². The maximum absolute atomic E-state index is 13.5. The second-order valence-electron chi connectivity index (χ2n) is 9.34. The number of hydrogen-bond acceptors (Lipinski definition) is 1. The highest BCUT2D eigenvalue weighted by molar-refractivity contribution is 6.21. The third-order valence-corrected chi connectivity index (χ3v) is 7.08. The summed E-state index contributed by atoms with van der Waals surface area (Å²) in [7, 11) is 0. The Hall–Kier alpha value is -1.45. The molecule has 0 amide bonds. The number of benzene rings is 2. The van der Waals surface area contributed by atoms with E-state index < -0.39 is 5.38 Å². The van der Waals surface area contributed by atoms with Crippen LogP contribution in [0.1, 0.15) is 75.5 Å².